The van der Waals surface area contributed by atoms with Crippen LogP contribution in [0.1, 0.15) is 17.0 Å². The zero-order valence-corrected chi connectivity index (χ0v) is 14.5. The molecule has 0 unspecified atom stereocenters. The van der Waals surface area contributed by atoms with E-state index in [1.54, 1.807) is 20.4 Å². The first-order valence-corrected chi connectivity index (χ1v) is 7.86. The van der Waals surface area contributed by atoms with Crippen LogP contribution in [0.2, 0.25) is 0 Å². The first kappa shape index (κ1) is 16.7. The highest BCUT2D eigenvalue weighted by Crippen LogP contribution is 2.32. The number of nitrogens with two attached hydrogens (primary N) is 1. The number of ether oxygens (including phenoxy) is 2. The minimum atomic E-state index is 0.530. The number of fused-ring (bicyclic) bond motifs is 1. The average molecular weight is 336 g/mol. The van der Waals surface area contributed by atoms with Crippen LogP contribution < -0.4 is 15.3 Å². The van der Waals surface area contributed by atoms with Crippen LogP contribution in [0.5, 0.6) is 11.5 Å². The summed E-state index contributed by atoms with van der Waals surface area (Å²) in [6, 6.07) is 11.5. The summed E-state index contributed by atoms with van der Waals surface area (Å²) < 4.78 is 10.8. The van der Waals surface area contributed by atoms with Crippen LogP contribution in [0.3, 0.4) is 0 Å². The average Bonchev–Trinajstić information content (AvgIpc) is 2.65. The van der Waals surface area contributed by atoms with E-state index in [0.717, 1.165) is 27.9 Å². The maximum absolute atomic E-state index is 5.64. The van der Waals surface area contributed by atoms with Crippen molar-refractivity contribution in [2.45, 2.75) is 13.3 Å². The lowest BCUT2D eigenvalue weighted by Crippen LogP contribution is -2.11. The van der Waals surface area contributed by atoms with Crippen LogP contribution >= 0.6 is 0 Å². The molecule has 0 atom stereocenters. The zero-order valence-electron chi connectivity index (χ0n) is 14.5. The van der Waals surface area contributed by atoms with Crippen LogP contribution in [0.4, 0.5) is 0 Å². The minimum absolute atomic E-state index is 0.530. The highest BCUT2D eigenvalue weighted by molar-refractivity contribution is 6.02. The first-order valence-electron chi connectivity index (χ1n) is 7.86. The lowest BCUT2D eigenvalue weighted by molar-refractivity contribution is 0.397. The predicted molar refractivity (Wildman–Crippen MR) is 98.2 cm³/mol. The summed E-state index contributed by atoms with van der Waals surface area (Å²) in [7, 11) is 3.24. The summed E-state index contributed by atoms with van der Waals surface area (Å²) in [6.45, 7) is 1.94. The second-order valence-electron chi connectivity index (χ2n) is 5.61. The van der Waals surface area contributed by atoms with Gasteiger partial charge in [0.2, 0.25) is 0 Å². The number of benzene rings is 1. The molecule has 2 aromatic heterocycles. The van der Waals surface area contributed by atoms with Crippen LogP contribution in [0.25, 0.3) is 10.9 Å². The molecule has 2 N–H and O–H groups in total. The van der Waals surface area contributed by atoms with Gasteiger partial charge >= 0.3 is 0 Å². The number of aryl methyl sites for hydroxylation is 1. The van der Waals surface area contributed by atoms with Crippen molar-refractivity contribution in [3.05, 3.63) is 59.5 Å². The quantitative estimate of drug-likeness (QED) is 0.440. The summed E-state index contributed by atoms with van der Waals surface area (Å²) >= 11 is 0. The predicted octanol–water partition coefficient (Wildman–Crippen LogP) is 2.86. The van der Waals surface area contributed by atoms with Crippen LogP contribution in [-0.4, -0.2) is 29.9 Å². The molecule has 25 heavy (non-hydrogen) atoms. The Kier molecular flexibility index (Phi) is 4.79. The van der Waals surface area contributed by atoms with E-state index in [9.17, 15) is 0 Å². The van der Waals surface area contributed by atoms with Gasteiger partial charge in [-0.1, -0.05) is 6.07 Å². The molecule has 0 aliphatic heterocycles. The molecule has 0 saturated carbocycles. The topological polar surface area (TPSA) is 82.6 Å². The van der Waals surface area contributed by atoms with Gasteiger partial charge in [-0.05, 0) is 36.8 Å². The second-order valence-corrected chi connectivity index (χ2v) is 5.61. The van der Waals surface area contributed by atoms with Crippen molar-refractivity contribution in [3.63, 3.8) is 0 Å². The Bertz CT molecular complexity index is 938. The van der Waals surface area contributed by atoms with Gasteiger partial charge in [-0.15, -0.1) is 0 Å². The number of rotatable bonds is 5. The van der Waals surface area contributed by atoms with Crippen molar-refractivity contribution in [1.82, 2.24) is 9.97 Å². The molecule has 6 nitrogen and oxygen atoms in total. The number of hydrogen-bond acceptors (Lipinski definition) is 6. The first-order chi connectivity index (χ1) is 12.2. The second kappa shape index (κ2) is 7.17. The molecule has 0 bridgehead atoms. The summed E-state index contributed by atoms with van der Waals surface area (Å²) in [5, 5.41) is 4.90. The molecule has 0 radical (unpaired) electrons. The molecular weight excluding hydrogens is 316 g/mol. The van der Waals surface area contributed by atoms with E-state index in [0.29, 0.717) is 23.6 Å². The van der Waals surface area contributed by atoms with Crippen LogP contribution in [0, 0.1) is 6.92 Å². The Morgan fingerprint density at radius 2 is 2.00 bits per heavy atom. The maximum Gasteiger partial charge on any atom is 0.148 e. The van der Waals surface area contributed by atoms with Gasteiger partial charge in [-0.3, -0.25) is 9.97 Å². The molecule has 0 fully saturated rings. The van der Waals surface area contributed by atoms with Crippen molar-refractivity contribution in [3.8, 4) is 11.5 Å². The molecule has 128 valence electrons. The Morgan fingerprint density at radius 1 is 1.16 bits per heavy atom. The largest absolute Gasteiger partial charge is 0.497 e. The SMILES string of the molecule is COc1cc(OC)c2nccc(C/C(=N/N)c3cccc(C)n3)c2c1. The van der Waals surface area contributed by atoms with E-state index in [1.807, 2.05) is 43.3 Å². The van der Waals surface area contributed by atoms with E-state index in [-0.39, 0.29) is 0 Å². The van der Waals surface area contributed by atoms with Gasteiger partial charge in [0.1, 0.15) is 17.0 Å². The molecular formula is C19H20N4O2. The fourth-order valence-electron chi connectivity index (χ4n) is 2.77. The highest BCUT2D eigenvalue weighted by atomic mass is 16.5. The lowest BCUT2D eigenvalue weighted by Gasteiger charge is -2.12. The number of nitrogens with zero attached hydrogens (tertiary/aromatic N) is 3. The third-order valence-corrected chi connectivity index (χ3v) is 4.03. The minimum Gasteiger partial charge on any atom is -0.497 e. The molecule has 3 aromatic rings. The van der Waals surface area contributed by atoms with Gasteiger partial charge < -0.3 is 15.3 Å². The van der Waals surface area contributed by atoms with Gasteiger partial charge in [-0.2, -0.15) is 5.10 Å². The molecule has 0 aliphatic carbocycles. The maximum atomic E-state index is 5.64. The third-order valence-electron chi connectivity index (χ3n) is 4.03. The molecule has 3 rings (SSSR count). The van der Waals surface area contributed by atoms with Crippen molar-refractivity contribution in [1.29, 1.82) is 0 Å². The number of methoxy groups -OCH3 is 2. The smallest absolute Gasteiger partial charge is 0.148 e. The zero-order chi connectivity index (χ0) is 17.8. The highest BCUT2D eigenvalue weighted by Gasteiger charge is 2.13. The van der Waals surface area contributed by atoms with Crippen molar-refractivity contribution < 1.29 is 9.47 Å². The van der Waals surface area contributed by atoms with Crippen molar-refractivity contribution in [2.75, 3.05) is 14.2 Å². The van der Waals surface area contributed by atoms with Gasteiger partial charge in [-0.25, -0.2) is 0 Å². The van der Waals surface area contributed by atoms with E-state index in [1.165, 1.54) is 0 Å². The molecule has 6 heteroatoms. The number of aromatic nitrogens is 2. The van der Waals surface area contributed by atoms with Crippen molar-refractivity contribution >= 4 is 16.6 Å². The fourth-order valence-corrected chi connectivity index (χ4v) is 2.77. The van der Waals surface area contributed by atoms with Crippen LogP contribution in [-0.2, 0) is 6.42 Å². The molecule has 0 spiro atoms. The Morgan fingerprint density at radius 3 is 2.68 bits per heavy atom. The van der Waals surface area contributed by atoms with E-state index < -0.39 is 0 Å². The normalized spacial score (nSPS) is 11.6. The Hall–Kier alpha value is -3.15. The monoisotopic (exact) mass is 336 g/mol. The van der Waals surface area contributed by atoms with Crippen molar-refractivity contribution in [2.24, 2.45) is 10.9 Å². The third kappa shape index (κ3) is 3.38. The van der Waals surface area contributed by atoms with Crippen LogP contribution in [0.15, 0.2) is 47.7 Å². The Labute approximate surface area is 146 Å². The number of pyridine rings is 2. The standard InChI is InChI=1S/C19H20N4O2/c1-12-5-4-6-16(22-12)17(23-20)9-13-7-8-21-19-15(13)10-14(24-2)11-18(19)25-3/h4-8,10-11H,9,20H2,1-3H3/b23-17-. The molecule has 2 heterocycles. The molecule has 1 aromatic carbocycles. The molecule has 0 aliphatic rings. The van der Waals surface area contributed by atoms with E-state index >= 15 is 0 Å². The fraction of sp³-hybridized carbons (Fsp3) is 0.211. The van der Waals surface area contributed by atoms with Gasteiger partial charge in [0.25, 0.3) is 0 Å². The van der Waals surface area contributed by atoms with Gasteiger partial charge in [0.15, 0.2) is 0 Å². The molecule has 0 saturated heterocycles. The summed E-state index contributed by atoms with van der Waals surface area (Å²) in [5.74, 6) is 7.01. The summed E-state index contributed by atoms with van der Waals surface area (Å²) in [6.07, 6.45) is 2.28. The summed E-state index contributed by atoms with van der Waals surface area (Å²) in [5.41, 5.74) is 4.19. The molecule has 0 amide bonds. The number of hydrogen-bond donors (Lipinski definition) is 1. The van der Waals surface area contributed by atoms with Gasteiger partial charge in [0, 0.05) is 29.8 Å². The lowest BCUT2D eigenvalue weighted by atomic mass is 10.0. The van der Waals surface area contributed by atoms with E-state index in [2.05, 4.69) is 15.1 Å². The Balaban J connectivity index is 2.09. The number of hydrazone groups is 1. The summed E-state index contributed by atoms with van der Waals surface area (Å²) in [4.78, 5) is 8.95. The van der Waals surface area contributed by atoms with E-state index in [4.69, 9.17) is 15.3 Å². The van der Waals surface area contributed by atoms with Gasteiger partial charge in [0.05, 0.1) is 25.6 Å².